The van der Waals surface area contributed by atoms with Gasteiger partial charge in [0.1, 0.15) is 17.3 Å². The molecule has 0 unspecified atom stereocenters. The molecule has 0 fully saturated rings. The monoisotopic (exact) mass is 786 g/mol. The Kier molecular flexibility index (Phi) is 9.66. The van der Waals surface area contributed by atoms with Gasteiger partial charge in [-0.3, -0.25) is 4.57 Å². The van der Waals surface area contributed by atoms with Gasteiger partial charge in [-0.1, -0.05) is 146 Å². The fourth-order valence-electron chi connectivity index (χ4n) is 8.41. The predicted molar refractivity (Wildman–Crippen MR) is 252 cm³/mol. The van der Waals surface area contributed by atoms with Gasteiger partial charge in [0.25, 0.3) is 0 Å². The Hall–Kier alpha value is -6.59. The van der Waals surface area contributed by atoms with Gasteiger partial charge in [0.2, 0.25) is 0 Å². The predicted octanol–water partition coefficient (Wildman–Crippen LogP) is 14.2. The zero-order valence-electron chi connectivity index (χ0n) is 36.1. The second kappa shape index (κ2) is 14.9. The first-order chi connectivity index (χ1) is 28.7. The van der Waals surface area contributed by atoms with E-state index in [1.807, 2.05) is 12.3 Å². The lowest BCUT2D eigenvalue weighted by atomic mass is 9.75. The summed E-state index contributed by atoms with van der Waals surface area (Å²) in [6, 6.07) is 56.5. The van der Waals surface area contributed by atoms with E-state index in [4.69, 9.17) is 9.72 Å². The van der Waals surface area contributed by atoms with Crippen molar-refractivity contribution < 1.29 is 4.74 Å². The number of fused-ring (bicyclic) bond motifs is 3. The van der Waals surface area contributed by atoms with Gasteiger partial charge >= 0.3 is 0 Å². The Morgan fingerprint density at radius 3 is 1.92 bits per heavy atom. The van der Waals surface area contributed by atoms with Crippen molar-refractivity contribution in [3.8, 4) is 17.3 Å². The van der Waals surface area contributed by atoms with Crippen LogP contribution in [0.5, 0.6) is 11.5 Å². The Balaban J connectivity index is 1.08. The average Bonchev–Trinajstić information content (AvgIpc) is 3.84. The summed E-state index contributed by atoms with van der Waals surface area (Å²) >= 11 is 0. The number of para-hydroxylation sites is 1. The third kappa shape index (κ3) is 7.34. The summed E-state index contributed by atoms with van der Waals surface area (Å²) in [6.45, 7) is 18.9. The summed E-state index contributed by atoms with van der Waals surface area (Å²) in [6.07, 6.45) is 4.23. The van der Waals surface area contributed by atoms with Crippen LogP contribution in [0.2, 0.25) is 0 Å². The van der Waals surface area contributed by atoms with Crippen LogP contribution in [0.15, 0.2) is 170 Å². The highest BCUT2D eigenvalue weighted by molar-refractivity contribution is 6.09. The molecule has 3 heterocycles. The Labute approximate surface area is 355 Å². The molecular weight excluding hydrogens is 733 g/mol. The highest BCUT2D eigenvalue weighted by Crippen LogP contribution is 2.42. The average molecular weight is 787 g/mol. The van der Waals surface area contributed by atoms with Crippen LogP contribution in [0.25, 0.3) is 33.3 Å². The molecule has 0 bridgehead atoms. The zero-order valence-corrected chi connectivity index (χ0v) is 36.1. The van der Waals surface area contributed by atoms with E-state index in [2.05, 4.69) is 228 Å². The molecule has 9 rings (SSSR count). The minimum atomic E-state index is -0.182. The molecule has 300 valence electrons. The van der Waals surface area contributed by atoms with Crippen LogP contribution in [0, 0.1) is 0 Å². The Morgan fingerprint density at radius 2 is 1.17 bits per heavy atom. The molecule has 0 amide bonds. The number of ether oxygens (including phenoxy) is 1. The molecule has 2 aromatic heterocycles. The lowest BCUT2D eigenvalue weighted by molar-refractivity contribution is 0.483. The Bertz CT molecular complexity index is 2870. The van der Waals surface area contributed by atoms with E-state index in [-0.39, 0.29) is 16.2 Å². The van der Waals surface area contributed by atoms with Gasteiger partial charge in [-0.2, -0.15) is 0 Å². The molecule has 6 aromatic carbocycles. The van der Waals surface area contributed by atoms with Gasteiger partial charge < -0.3 is 14.5 Å². The maximum Gasteiger partial charge on any atom is 0.137 e. The summed E-state index contributed by atoms with van der Waals surface area (Å²) in [5.74, 6) is 2.44. The van der Waals surface area contributed by atoms with Gasteiger partial charge in [-0.25, -0.2) is 4.98 Å². The molecule has 0 saturated heterocycles. The molecule has 0 aliphatic carbocycles. The summed E-state index contributed by atoms with van der Waals surface area (Å²) in [4.78, 5) is 9.67. The Morgan fingerprint density at radius 1 is 0.500 bits per heavy atom. The van der Waals surface area contributed by atoms with Gasteiger partial charge in [0.05, 0.1) is 23.4 Å². The molecule has 5 nitrogen and oxygen atoms in total. The van der Waals surface area contributed by atoms with Crippen LogP contribution < -0.4 is 14.5 Å². The van der Waals surface area contributed by atoms with Crippen molar-refractivity contribution in [3.63, 3.8) is 0 Å². The van der Waals surface area contributed by atoms with E-state index in [0.29, 0.717) is 6.67 Å². The number of hydrogen-bond acceptors (Lipinski definition) is 4. The van der Waals surface area contributed by atoms with Crippen molar-refractivity contribution >= 4 is 38.9 Å². The van der Waals surface area contributed by atoms with Gasteiger partial charge in [0, 0.05) is 52.1 Å². The van der Waals surface area contributed by atoms with Crippen molar-refractivity contribution in [2.45, 2.75) is 71.6 Å². The van der Waals surface area contributed by atoms with Crippen LogP contribution in [0.1, 0.15) is 83.2 Å². The van der Waals surface area contributed by atoms with Crippen LogP contribution in [0.3, 0.4) is 0 Å². The summed E-state index contributed by atoms with van der Waals surface area (Å²) in [7, 11) is 0. The van der Waals surface area contributed by atoms with Crippen molar-refractivity contribution in [2.24, 2.45) is 0 Å². The minimum Gasteiger partial charge on any atom is -0.457 e. The molecule has 5 heteroatoms. The van der Waals surface area contributed by atoms with Crippen LogP contribution in [0.4, 0.5) is 11.4 Å². The molecule has 0 atom stereocenters. The lowest BCUT2D eigenvalue weighted by Gasteiger charge is -2.31. The minimum absolute atomic E-state index is 0.00361. The quantitative estimate of drug-likeness (QED) is 0.154. The molecule has 1 aliphatic heterocycles. The van der Waals surface area contributed by atoms with E-state index in [9.17, 15) is 0 Å². The largest absolute Gasteiger partial charge is 0.457 e. The SMILES string of the molecule is CC(C)(C)c1cc(N2C=C(c3ccccc3)N(c3cccc(Oc4ccc5c6ccccc6n(-c6cc(C(C)(C)C)ccn6)c5c4)c3)C2)cc(C(C)(C)c2ccccc2)c1. The van der Waals surface area contributed by atoms with E-state index in [1.54, 1.807) is 0 Å². The summed E-state index contributed by atoms with van der Waals surface area (Å²) in [5.41, 5.74) is 11.6. The van der Waals surface area contributed by atoms with Gasteiger partial charge in [-0.15, -0.1) is 0 Å². The number of nitrogens with zero attached hydrogens (tertiary/aromatic N) is 4. The first kappa shape index (κ1) is 38.9. The van der Waals surface area contributed by atoms with Crippen molar-refractivity contribution in [3.05, 3.63) is 198 Å². The second-order valence-electron chi connectivity index (χ2n) is 18.7. The molecule has 1 aliphatic rings. The fourth-order valence-corrected chi connectivity index (χ4v) is 8.41. The highest BCUT2D eigenvalue weighted by atomic mass is 16.5. The van der Waals surface area contributed by atoms with Crippen LogP contribution >= 0.6 is 0 Å². The molecular formula is C55H54N4O. The van der Waals surface area contributed by atoms with Crippen molar-refractivity contribution in [1.82, 2.24) is 9.55 Å². The molecule has 0 spiro atoms. The first-order valence-electron chi connectivity index (χ1n) is 21.1. The summed E-state index contributed by atoms with van der Waals surface area (Å²) in [5, 5.41) is 2.35. The molecule has 0 saturated carbocycles. The maximum atomic E-state index is 6.76. The standard InChI is InChI=1S/C55H54N4O/c1-53(2,3)40-28-29-56-52(33-40)59-49-25-16-15-24-47(49)48-27-26-46(35-50(48)59)60-45-23-17-22-43(34-45)58-37-57(36-51(58)38-18-11-9-12-19-38)44-31-41(54(4,5)6)30-42(32-44)55(7,8)39-20-13-10-14-21-39/h9-36H,37H2,1-8H3. The number of anilines is 2. The second-order valence-corrected chi connectivity index (χ2v) is 18.7. The fraction of sp³-hybridized carbons (Fsp3) is 0.218. The highest BCUT2D eigenvalue weighted by Gasteiger charge is 2.30. The van der Waals surface area contributed by atoms with E-state index in [0.717, 1.165) is 50.7 Å². The van der Waals surface area contributed by atoms with Crippen LogP contribution in [-0.2, 0) is 16.2 Å². The smallest absolute Gasteiger partial charge is 0.137 e. The number of benzene rings is 6. The van der Waals surface area contributed by atoms with Crippen molar-refractivity contribution in [1.29, 1.82) is 0 Å². The molecule has 0 radical (unpaired) electrons. The van der Waals surface area contributed by atoms with Crippen LogP contribution in [-0.4, -0.2) is 16.2 Å². The normalized spacial score (nSPS) is 13.6. The van der Waals surface area contributed by atoms with E-state index < -0.39 is 0 Å². The van der Waals surface area contributed by atoms with E-state index >= 15 is 0 Å². The van der Waals surface area contributed by atoms with Crippen molar-refractivity contribution in [2.75, 3.05) is 16.5 Å². The first-order valence-corrected chi connectivity index (χ1v) is 21.1. The third-order valence-electron chi connectivity index (χ3n) is 12.1. The van der Waals surface area contributed by atoms with E-state index in [1.165, 1.54) is 33.3 Å². The molecule has 8 aromatic rings. The summed E-state index contributed by atoms with van der Waals surface area (Å²) < 4.78 is 9.02. The topological polar surface area (TPSA) is 33.5 Å². The number of rotatable bonds is 8. The lowest BCUT2D eigenvalue weighted by Crippen LogP contribution is -2.27. The number of aromatic nitrogens is 2. The van der Waals surface area contributed by atoms with Gasteiger partial charge in [0.15, 0.2) is 0 Å². The molecule has 60 heavy (non-hydrogen) atoms. The zero-order chi connectivity index (χ0) is 41.8. The maximum absolute atomic E-state index is 6.76. The van der Waals surface area contributed by atoms with Gasteiger partial charge in [-0.05, 0) is 93.2 Å². The number of hydrogen-bond donors (Lipinski definition) is 0. The third-order valence-corrected chi connectivity index (χ3v) is 12.1. The number of pyridine rings is 1. The molecule has 0 N–H and O–H groups in total.